The summed E-state index contributed by atoms with van der Waals surface area (Å²) in [5.74, 6) is -14.1. The first-order valence-electron chi connectivity index (χ1n) is 32.5. The number of nitrogens with zero attached hydrogens (tertiary/aromatic N) is 2. The smallest absolute Gasteiger partial charge is 0.245 e. The average molecular weight is 1400 g/mol. The van der Waals surface area contributed by atoms with Gasteiger partial charge in [-0.15, -0.1) is 0 Å². The fourth-order valence-corrected chi connectivity index (χ4v) is 11.2. The number of rotatable bonds is 21. The number of nitrogens with two attached hydrogens (primary N) is 4. The van der Waals surface area contributed by atoms with Gasteiger partial charge >= 0.3 is 0 Å². The molecular weight excluding hydrogens is 1310 g/mol. The lowest BCUT2D eigenvalue weighted by atomic mass is 10.0. The minimum atomic E-state index is -1.94. The van der Waals surface area contributed by atoms with E-state index in [9.17, 15) is 72.5 Å². The number of imidazole rings is 1. The Balaban J connectivity index is 1.31. The number of carbonyl (C=O) groups excluding carboxylic acids is 13. The van der Waals surface area contributed by atoms with Gasteiger partial charge in [0.05, 0.1) is 30.9 Å². The van der Waals surface area contributed by atoms with Gasteiger partial charge in [-0.05, 0) is 85.5 Å². The van der Waals surface area contributed by atoms with Crippen LogP contribution in [0.4, 0.5) is 0 Å². The van der Waals surface area contributed by atoms with Gasteiger partial charge in [0.2, 0.25) is 76.8 Å². The SMILES string of the molecule is C[C@@H]1NC(=O)[C@H](CC(N)=O)NC(=O)[C@@H]2CCCN2C(=O)[C@H](CCCNC(=N)N)NC(=O)[C@@H](Cc2ccccc2)NC(=O)[C@H](Cc2c[nH]cn2)NC(=O)C[C@@H](NC(=O)[C@@H](N)Cc2ccc(O)cc2)C(=O)NCC(C(=O)N[C@@H](Cc2ccc(O)cc2)C(N)=O)NC(=O)[C@H](Cc2ccccc2)NC1=O. The number of primary amides is 2. The molecule has 34 nitrogen and oxygen atoms in total. The van der Waals surface area contributed by atoms with Gasteiger partial charge in [-0.1, -0.05) is 84.9 Å². The summed E-state index contributed by atoms with van der Waals surface area (Å²) in [4.78, 5) is 195. The molecule has 7 rings (SSSR count). The number of hydrogen-bond donors (Lipinski definition) is 19. The first-order valence-corrected chi connectivity index (χ1v) is 32.5. The van der Waals surface area contributed by atoms with E-state index in [2.05, 4.69) is 68.5 Å². The van der Waals surface area contributed by atoms with Gasteiger partial charge in [0.25, 0.3) is 0 Å². The van der Waals surface area contributed by atoms with E-state index in [0.717, 1.165) is 0 Å². The predicted molar refractivity (Wildman–Crippen MR) is 362 cm³/mol. The Kier molecular flexibility index (Phi) is 28.1. The molecule has 0 aliphatic carbocycles. The second-order valence-corrected chi connectivity index (χ2v) is 24.5. The molecule has 0 radical (unpaired) electrons. The molecule has 0 bridgehead atoms. The van der Waals surface area contributed by atoms with Crippen LogP contribution < -0.4 is 81.4 Å². The van der Waals surface area contributed by atoms with Crippen LogP contribution in [-0.4, -0.2) is 194 Å². The number of fused-ring (bicyclic) bond motifs is 1. The summed E-state index contributed by atoms with van der Waals surface area (Å²) in [7, 11) is 0. The highest BCUT2D eigenvalue weighted by atomic mass is 16.3. The molecule has 0 saturated carbocycles. The molecule has 0 spiro atoms. The minimum absolute atomic E-state index is 0.0223. The number of amides is 13. The Morgan fingerprint density at radius 3 is 1.74 bits per heavy atom. The van der Waals surface area contributed by atoms with Crippen molar-refractivity contribution < 1.29 is 72.5 Å². The molecule has 34 heteroatoms. The van der Waals surface area contributed by atoms with Crippen LogP contribution in [0.25, 0.3) is 0 Å². The largest absolute Gasteiger partial charge is 0.508 e. The number of aromatic amines is 1. The Bertz CT molecular complexity index is 3760. The second kappa shape index (κ2) is 37.1. The number of benzene rings is 4. The Morgan fingerprint density at radius 2 is 1.18 bits per heavy atom. The minimum Gasteiger partial charge on any atom is -0.508 e. The third-order valence-electron chi connectivity index (χ3n) is 16.6. The fraction of sp³-hybridized carbons (Fsp3) is 0.388. The van der Waals surface area contributed by atoms with Crippen molar-refractivity contribution >= 4 is 82.8 Å². The topological polar surface area (TPSA) is 555 Å². The summed E-state index contributed by atoms with van der Waals surface area (Å²) in [5, 5.41) is 55.6. The predicted octanol–water partition coefficient (Wildman–Crippen LogP) is -4.82. The zero-order chi connectivity index (χ0) is 73.3. The van der Waals surface area contributed by atoms with Crippen molar-refractivity contribution in [2.75, 3.05) is 19.6 Å². The number of H-pyrrole nitrogens is 1. The van der Waals surface area contributed by atoms with Crippen LogP contribution in [0.5, 0.6) is 11.5 Å². The maximum Gasteiger partial charge on any atom is 0.245 e. The number of nitrogens with one attached hydrogen (secondary N) is 13. The molecule has 3 heterocycles. The summed E-state index contributed by atoms with van der Waals surface area (Å²) < 4.78 is 0. The van der Waals surface area contributed by atoms with Crippen molar-refractivity contribution in [3.8, 4) is 11.5 Å². The van der Waals surface area contributed by atoms with Crippen LogP contribution in [0.15, 0.2) is 122 Å². The molecule has 2 fully saturated rings. The molecule has 4 aromatic carbocycles. The lowest BCUT2D eigenvalue weighted by molar-refractivity contribution is -0.143. The van der Waals surface area contributed by atoms with E-state index in [0.29, 0.717) is 22.3 Å². The lowest BCUT2D eigenvalue weighted by Crippen LogP contribution is -2.62. The third-order valence-corrected chi connectivity index (χ3v) is 16.6. The molecule has 23 N–H and O–H groups in total. The fourth-order valence-electron chi connectivity index (χ4n) is 11.2. The maximum atomic E-state index is 14.9. The first-order chi connectivity index (χ1) is 48.2. The van der Waals surface area contributed by atoms with E-state index in [1.54, 1.807) is 60.7 Å². The summed E-state index contributed by atoms with van der Waals surface area (Å²) in [6.07, 6.45) is -0.204. The van der Waals surface area contributed by atoms with E-state index in [1.807, 2.05) is 0 Å². The molecule has 5 aromatic rings. The third kappa shape index (κ3) is 23.9. The highest BCUT2D eigenvalue weighted by Gasteiger charge is 2.41. The quantitative estimate of drug-likeness (QED) is 0.0186. The monoisotopic (exact) mass is 1400 g/mol. The van der Waals surface area contributed by atoms with Crippen LogP contribution in [0.1, 0.15) is 73.4 Å². The standard InChI is InChI=1S/C67H85N19O15/c1-36-57(92)81-47(28-37-10-4-2-5-11-37)62(97)85-52(64(99)80-46(56(70)91)27-40-18-22-43(88)23-19-40)34-75-59(94)51(82-58(93)44(68)26-39-16-20-42(87)21-17-39)32-55(90)78-49(30-41-33-73-35-76-41)63(98)83-48(29-38-12-6-3-7-13-38)61(96)79-45(14-8-24-74-67(71)72)66(101)86-25-9-15-53(86)65(100)84-50(31-54(69)89)60(95)77-36/h2-7,10-13,16-23,33,35-36,44-53,87-88H,8-9,14-15,24-32,34,68H2,1H3,(H2,69,89)(H2,70,91)(H,73,76)(H,75,94)(H,77,95)(H,78,90)(H,79,96)(H,80,99)(H,81,92)(H,82,93)(H,83,98)(H,84,100)(H,85,97)(H4,71,72,74)/t36-,44-,45-,46-,47-,48+,49-,50-,51+,52?,53-/m0/s1. The number of aromatic hydroxyl groups is 2. The summed E-state index contributed by atoms with van der Waals surface area (Å²) in [5.41, 5.74) is 25.4. The molecule has 2 aliphatic heterocycles. The molecule has 13 amide bonds. The molecule has 1 unspecified atom stereocenters. The highest BCUT2D eigenvalue weighted by Crippen LogP contribution is 2.22. The Morgan fingerprint density at radius 1 is 0.634 bits per heavy atom. The van der Waals surface area contributed by atoms with Crippen molar-refractivity contribution in [3.05, 3.63) is 150 Å². The number of phenolic OH excluding ortho intramolecular Hbond substituents is 2. The van der Waals surface area contributed by atoms with Gasteiger partial charge in [0, 0.05) is 51.5 Å². The van der Waals surface area contributed by atoms with E-state index < -0.39 is 169 Å². The first kappa shape index (κ1) is 76.4. The molecular formula is C67H85N19O15. The lowest BCUT2D eigenvalue weighted by Gasteiger charge is -2.31. The summed E-state index contributed by atoms with van der Waals surface area (Å²) in [6, 6.07) is 9.93. The normalized spacial score (nSPS) is 22.3. The van der Waals surface area contributed by atoms with Crippen LogP contribution in [-0.2, 0) is 94.4 Å². The van der Waals surface area contributed by atoms with Gasteiger partial charge in [-0.2, -0.15) is 0 Å². The van der Waals surface area contributed by atoms with Gasteiger partial charge in [-0.25, -0.2) is 4.98 Å². The van der Waals surface area contributed by atoms with Crippen LogP contribution in [0.2, 0.25) is 0 Å². The average Bonchev–Trinajstić information content (AvgIpc) is 1.76. The van der Waals surface area contributed by atoms with Crippen LogP contribution in [0, 0.1) is 5.41 Å². The van der Waals surface area contributed by atoms with Crippen molar-refractivity contribution in [2.24, 2.45) is 22.9 Å². The van der Waals surface area contributed by atoms with E-state index in [-0.39, 0.29) is 88.1 Å². The zero-order valence-electron chi connectivity index (χ0n) is 55.2. The van der Waals surface area contributed by atoms with E-state index >= 15 is 0 Å². The number of hydrogen-bond acceptors (Lipinski definition) is 18. The summed E-state index contributed by atoms with van der Waals surface area (Å²) in [6.45, 7) is 0.295. The van der Waals surface area contributed by atoms with Gasteiger partial charge in [-0.3, -0.25) is 67.7 Å². The molecule has 538 valence electrons. The molecule has 2 aliphatic rings. The van der Waals surface area contributed by atoms with Crippen LogP contribution >= 0.6 is 0 Å². The molecule has 2 saturated heterocycles. The summed E-state index contributed by atoms with van der Waals surface area (Å²) >= 11 is 0. The highest BCUT2D eigenvalue weighted by molar-refractivity contribution is 6.01. The van der Waals surface area contributed by atoms with Crippen molar-refractivity contribution in [1.29, 1.82) is 5.41 Å². The molecule has 11 atom stereocenters. The van der Waals surface area contributed by atoms with Gasteiger partial charge in [0.1, 0.15) is 71.9 Å². The van der Waals surface area contributed by atoms with Crippen molar-refractivity contribution in [3.63, 3.8) is 0 Å². The van der Waals surface area contributed by atoms with Crippen molar-refractivity contribution in [1.82, 2.24) is 73.4 Å². The number of guanidine groups is 1. The number of carbonyl (C=O) groups is 13. The van der Waals surface area contributed by atoms with Crippen LogP contribution in [0.3, 0.4) is 0 Å². The van der Waals surface area contributed by atoms with E-state index in [4.69, 9.17) is 28.3 Å². The Labute approximate surface area is 579 Å². The molecule has 101 heavy (non-hydrogen) atoms. The Hall–Kier alpha value is -12.0. The van der Waals surface area contributed by atoms with Crippen molar-refractivity contribution in [2.45, 2.75) is 144 Å². The van der Waals surface area contributed by atoms with Gasteiger partial charge < -0.3 is 102 Å². The zero-order valence-corrected chi connectivity index (χ0v) is 55.2. The molecule has 1 aromatic heterocycles. The number of aromatic nitrogens is 2. The van der Waals surface area contributed by atoms with E-state index in [1.165, 1.54) is 72.9 Å². The number of phenols is 2. The van der Waals surface area contributed by atoms with Gasteiger partial charge in [0.15, 0.2) is 5.96 Å². The second-order valence-electron chi connectivity index (χ2n) is 24.5. The maximum absolute atomic E-state index is 14.9.